The van der Waals surface area contributed by atoms with Gasteiger partial charge in [0.2, 0.25) is 5.78 Å². The number of fused-ring (bicyclic) bond motifs is 1. The minimum Gasteiger partial charge on any atom is -0.497 e. The van der Waals surface area contributed by atoms with Crippen molar-refractivity contribution < 1.29 is 28.6 Å². The lowest BCUT2D eigenvalue weighted by Crippen LogP contribution is -2.19. The number of anilines is 1. The van der Waals surface area contributed by atoms with Crippen LogP contribution in [0.15, 0.2) is 30.3 Å². The lowest BCUT2D eigenvalue weighted by atomic mass is 9.95. The van der Waals surface area contributed by atoms with Gasteiger partial charge in [0.15, 0.2) is 6.61 Å². The van der Waals surface area contributed by atoms with Crippen molar-refractivity contribution in [1.29, 1.82) is 0 Å². The van der Waals surface area contributed by atoms with Crippen LogP contribution in [-0.4, -0.2) is 48.7 Å². The molecule has 1 aliphatic heterocycles. The summed E-state index contributed by atoms with van der Waals surface area (Å²) in [6, 6.07) is 8.63. The number of benzene rings is 1. The molecule has 5 rings (SSSR count). The molecule has 0 spiro atoms. The fraction of sp³-hybridized carbons (Fsp3) is 0.433. The highest BCUT2D eigenvalue weighted by Gasteiger charge is 2.29. The summed E-state index contributed by atoms with van der Waals surface area (Å²) in [6.45, 7) is 5.02. The van der Waals surface area contributed by atoms with Crippen molar-refractivity contribution in [2.75, 3.05) is 25.6 Å². The molecule has 3 aromatic rings. The second-order valence-corrected chi connectivity index (χ2v) is 11.2. The van der Waals surface area contributed by atoms with Crippen LogP contribution < -0.4 is 10.1 Å². The van der Waals surface area contributed by atoms with Crippen molar-refractivity contribution in [3.05, 3.63) is 68.9 Å². The van der Waals surface area contributed by atoms with Crippen LogP contribution in [0.2, 0.25) is 0 Å². The number of nitrogens with one attached hydrogen (secondary N) is 1. The van der Waals surface area contributed by atoms with Gasteiger partial charge in [0.25, 0.3) is 5.91 Å². The van der Waals surface area contributed by atoms with Gasteiger partial charge in [-0.3, -0.25) is 9.59 Å². The van der Waals surface area contributed by atoms with E-state index >= 15 is 0 Å². The van der Waals surface area contributed by atoms with Crippen LogP contribution in [0.4, 0.5) is 5.00 Å². The number of ketones is 1. The number of aromatic nitrogens is 1. The number of hydrogen-bond acceptors (Lipinski definition) is 7. The van der Waals surface area contributed by atoms with Gasteiger partial charge in [-0.25, -0.2) is 4.79 Å². The zero-order valence-electron chi connectivity index (χ0n) is 22.6. The number of carbonyl (C=O) groups excluding carboxylic acids is 3. The summed E-state index contributed by atoms with van der Waals surface area (Å²) in [6.07, 6.45) is 5.83. The van der Waals surface area contributed by atoms with E-state index in [4.69, 9.17) is 14.2 Å². The predicted molar refractivity (Wildman–Crippen MR) is 149 cm³/mol. The Labute approximate surface area is 232 Å². The van der Waals surface area contributed by atoms with Crippen LogP contribution in [-0.2, 0) is 28.9 Å². The fourth-order valence-corrected chi connectivity index (χ4v) is 6.70. The van der Waals surface area contributed by atoms with Crippen molar-refractivity contribution in [1.82, 2.24) is 4.57 Å². The van der Waals surface area contributed by atoms with E-state index in [1.165, 1.54) is 11.3 Å². The third-order valence-electron chi connectivity index (χ3n) is 7.57. The van der Waals surface area contributed by atoms with E-state index in [2.05, 4.69) is 9.88 Å². The van der Waals surface area contributed by atoms with Gasteiger partial charge in [0.05, 0.1) is 18.8 Å². The SMILES string of the molecule is COc1ccc(C(=O)Nc2sc3c(c2C(=O)OCC(=O)c2cc(C)n(C[C@@H]4CCCO4)c2C)CCCC3)cc1. The van der Waals surface area contributed by atoms with Gasteiger partial charge in [0.1, 0.15) is 10.8 Å². The molecule has 1 fully saturated rings. The highest BCUT2D eigenvalue weighted by Crippen LogP contribution is 2.39. The van der Waals surface area contributed by atoms with Crippen LogP contribution in [0, 0.1) is 13.8 Å². The topological polar surface area (TPSA) is 95.9 Å². The Morgan fingerprint density at radius 3 is 2.59 bits per heavy atom. The number of thiophene rings is 1. The van der Waals surface area contributed by atoms with E-state index in [1.807, 2.05) is 19.9 Å². The second-order valence-electron chi connectivity index (χ2n) is 10.1. The molecule has 1 aromatic carbocycles. The van der Waals surface area contributed by atoms with Gasteiger partial charge >= 0.3 is 5.97 Å². The van der Waals surface area contributed by atoms with Gasteiger partial charge in [0, 0.05) is 40.5 Å². The average Bonchev–Trinajstić information content (AvgIpc) is 3.66. The summed E-state index contributed by atoms with van der Waals surface area (Å²) in [7, 11) is 1.57. The monoisotopic (exact) mass is 550 g/mol. The number of Topliss-reactive ketones (excluding diaryl/α,β-unsaturated/α-hetero) is 1. The van der Waals surface area contributed by atoms with Gasteiger partial charge in [-0.2, -0.15) is 0 Å². The van der Waals surface area contributed by atoms with Gasteiger partial charge in [-0.1, -0.05) is 0 Å². The number of ether oxygens (including phenoxy) is 3. The Morgan fingerprint density at radius 2 is 1.87 bits per heavy atom. The molecule has 0 radical (unpaired) electrons. The molecule has 1 N–H and O–H groups in total. The van der Waals surface area contributed by atoms with Crippen LogP contribution >= 0.6 is 11.3 Å². The Bertz CT molecular complexity index is 1380. The average molecular weight is 551 g/mol. The second kappa shape index (κ2) is 11.8. The first-order valence-corrected chi connectivity index (χ1v) is 14.3. The molecular weight excluding hydrogens is 516 g/mol. The highest BCUT2D eigenvalue weighted by atomic mass is 32.1. The quantitative estimate of drug-likeness (QED) is 0.278. The first-order chi connectivity index (χ1) is 18.9. The molecule has 1 atom stereocenters. The Kier molecular flexibility index (Phi) is 8.18. The number of nitrogens with zero attached hydrogens (tertiary/aromatic N) is 1. The molecule has 0 bridgehead atoms. The maximum atomic E-state index is 13.4. The molecule has 3 heterocycles. The van der Waals surface area contributed by atoms with Crippen molar-refractivity contribution in [2.24, 2.45) is 0 Å². The number of carbonyl (C=O) groups is 3. The third-order valence-corrected chi connectivity index (χ3v) is 8.78. The first-order valence-electron chi connectivity index (χ1n) is 13.4. The number of amides is 1. The molecule has 8 nitrogen and oxygen atoms in total. The first kappa shape index (κ1) is 27.1. The van der Waals surface area contributed by atoms with E-state index in [9.17, 15) is 14.4 Å². The molecule has 1 saturated heterocycles. The molecule has 39 heavy (non-hydrogen) atoms. The Morgan fingerprint density at radius 1 is 1.10 bits per heavy atom. The smallest absolute Gasteiger partial charge is 0.341 e. The fourth-order valence-electron chi connectivity index (χ4n) is 5.42. The van der Waals surface area contributed by atoms with Gasteiger partial charge in [-0.05, 0) is 88.3 Å². The molecule has 1 aliphatic carbocycles. The molecule has 2 aliphatic rings. The summed E-state index contributed by atoms with van der Waals surface area (Å²) >= 11 is 1.42. The maximum absolute atomic E-state index is 13.4. The number of esters is 1. The van der Waals surface area contributed by atoms with E-state index in [0.717, 1.165) is 67.0 Å². The number of aryl methyl sites for hydroxylation is 2. The summed E-state index contributed by atoms with van der Waals surface area (Å²) in [5.74, 6) is -0.497. The number of methoxy groups -OCH3 is 1. The highest BCUT2D eigenvalue weighted by molar-refractivity contribution is 7.17. The predicted octanol–water partition coefficient (Wildman–Crippen LogP) is 5.52. The Hall–Kier alpha value is -3.43. The summed E-state index contributed by atoms with van der Waals surface area (Å²) in [5, 5.41) is 3.38. The van der Waals surface area contributed by atoms with Crippen LogP contribution in [0.25, 0.3) is 0 Å². The number of rotatable bonds is 9. The lowest BCUT2D eigenvalue weighted by Gasteiger charge is -2.15. The molecular formula is C30H34N2O6S. The minimum absolute atomic E-state index is 0.159. The van der Waals surface area contributed by atoms with Crippen molar-refractivity contribution in [3.63, 3.8) is 0 Å². The van der Waals surface area contributed by atoms with E-state index in [1.54, 1.807) is 31.4 Å². The van der Waals surface area contributed by atoms with E-state index in [-0.39, 0.29) is 24.4 Å². The molecule has 0 unspecified atom stereocenters. The third kappa shape index (κ3) is 5.79. The summed E-state index contributed by atoms with van der Waals surface area (Å²) in [4.78, 5) is 40.6. The van der Waals surface area contributed by atoms with Crippen molar-refractivity contribution in [2.45, 2.75) is 65.0 Å². The van der Waals surface area contributed by atoms with Crippen LogP contribution in [0.3, 0.4) is 0 Å². The largest absolute Gasteiger partial charge is 0.497 e. The zero-order valence-corrected chi connectivity index (χ0v) is 23.4. The van der Waals surface area contributed by atoms with Gasteiger partial charge in [-0.15, -0.1) is 11.3 Å². The molecule has 0 saturated carbocycles. The molecule has 206 valence electrons. The maximum Gasteiger partial charge on any atom is 0.341 e. The normalized spacial score (nSPS) is 16.5. The molecule has 9 heteroatoms. The van der Waals surface area contributed by atoms with E-state index < -0.39 is 5.97 Å². The summed E-state index contributed by atoms with van der Waals surface area (Å²) in [5.41, 5.74) is 4.13. The number of hydrogen-bond donors (Lipinski definition) is 1. The summed E-state index contributed by atoms with van der Waals surface area (Å²) < 4.78 is 18.6. The van der Waals surface area contributed by atoms with E-state index in [0.29, 0.717) is 34.0 Å². The van der Waals surface area contributed by atoms with Crippen molar-refractivity contribution in [3.8, 4) is 5.75 Å². The Balaban J connectivity index is 1.31. The van der Waals surface area contributed by atoms with Crippen LogP contribution in [0.5, 0.6) is 5.75 Å². The zero-order chi connectivity index (χ0) is 27.5. The molecule has 2 aromatic heterocycles. The lowest BCUT2D eigenvalue weighted by molar-refractivity contribution is 0.0474. The van der Waals surface area contributed by atoms with Crippen molar-refractivity contribution >= 4 is 34.0 Å². The molecule has 1 amide bonds. The standard InChI is InChI=1S/C30H34N2O6S/c1-18-15-24(19(2)32(18)16-22-7-6-14-37-22)25(33)17-38-30(35)27-23-8-4-5-9-26(23)39-29(27)31-28(34)20-10-12-21(36-3)13-11-20/h10-13,15,22H,4-9,14,16-17H2,1-3H3,(H,31,34)/t22-/m0/s1. The minimum atomic E-state index is -0.582. The van der Waals surface area contributed by atoms with Crippen LogP contribution in [0.1, 0.15) is 78.6 Å². The van der Waals surface area contributed by atoms with Gasteiger partial charge < -0.3 is 24.1 Å².